The molecule has 0 aromatic rings. The summed E-state index contributed by atoms with van der Waals surface area (Å²) in [6, 6.07) is 0.395. The summed E-state index contributed by atoms with van der Waals surface area (Å²) in [6.45, 7) is 5.91. The van der Waals surface area contributed by atoms with E-state index < -0.39 is 0 Å². The van der Waals surface area contributed by atoms with Crippen molar-refractivity contribution in [2.24, 2.45) is 11.7 Å². The van der Waals surface area contributed by atoms with Crippen LogP contribution < -0.4 is 5.73 Å². The van der Waals surface area contributed by atoms with Crippen molar-refractivity contribution >= 4 is 0 Å². The van der Waals surface area contributed by atoms with E-state index in [4.69, 9.17) is 5.73 Å². The molecule has 1 atom stereocenters. The predicted molar refractivity (Wildman–Crippen MR) is 44.7 cm³/mol. The topological polar surface area (TPSA) is 26.0 Å². The number of nitrogens with two attached hydrogens (primary N) is 1. The maximum atomic E-state index is 5.92. The summed E-state index contributed by atoms with van der Waals surface area (Å²) in [5, 5.41) is 0. The zero-order valence-corrected chi connectivity index (χ0v) is 6.77. The first kappa shape index (κ1) is 7.80. The van der Waals surface area contributed by atoms with E-state index in [9.17, 15) is 0 Å². The first-order chi connectivity index (χ1) is 4.70. The van der Waals surface area contributed by atoms with Gasteiger partial charge in [0.1, 0.15) is 0 Å². The minimum atomic E-state index is 0.395. The maximum Gasteiger partial charge on any atom is 0.0104 e. The second-order valence-electron chi connectivity index (χ2n) is 3.52. The lowest BCUT2D eigenvalue weighted by molar-refractivity contribution is 0.260. The van der Waals surface area contributed by atoms with E-state index in [2.05, 4.69) is 13.5 Å². The van der Waals surface area contributed by atoms with Crippen LogP contribution in [0, 0.1) is 5.92 Å². The van der Waals surface area contributed by atoms with Gasteiger partial charge in [0, 0.05) is 6.04 Å². The van der Waals surface area contributed by atoms with Gasteiger partial charge in [-0.2, -0.15) is 0 Å². The molecular weight excluding hydrogens is 122 g/mol. The lowest BCUT2D eigenvalue weighted by atomic mass is 9.78. The summed E-state index contributed by atoms with van der Waals surface area (Å²) in [4.78, 5) is 0. The van der Waals surface area contributed by atoms with Crippen molar-refractivity contribution in [1.29, 1.82) is 0 Å². The highest BCUT2D eigenvalue weighted by Gasteiger charge is 2.23. The fourth-order valence-electron chi connectivity index (χ4n) is 1.44. The van der Waals surface area contributed by atoms with Gasteiger partial charge in [-0.05, 0) is 32.1 Å². The molecule has 0 heterocycles. The van der Waals surface area contributed by atoms with E-state index in [-0.39, 0.29) is 0 Å². The average molecular weight is 139 g/mol. The Kier molecular flexibility index (Phi) is 2.50. The molecule has 2 N–H and O–H groups in total. The van der Waals surface area contributed by atoms with E-state index in [1.807, 2.05) is 0 Å². The summed E-state index contributed by atoms with van der Waals surface area (Å²) >= 11 is 0. The monoisotopic (exact) mass is 139 g/mol. The third-order valence-electron chi connectivity index (χ3n) is 2.34. The Hall–Kier alpha value is -0.300. The van der Waals surface area contributed by atoms with Crippen molar-refractivity contribution < 1.29 is 0 Å². The molecule has 1 rings (SSSR count). The fourth-order valence-corrected chi connectivity index (χ4v) is 1.44. The van der Waals surface area contributed by atoms with Crippen LogP contribution in [0.4, 0.5) is 0 Å². The smallest absolute Gasteiger partial charge is 0.0104 e. The highest BCUT2D eigenvalue weighted by Crippen LogP contribution is 2.30. The Morgan fingerprint density at radius 1 is 1.70 bits per heavy atom. The van der Waals surface area contributed by atoms with Crippen LogP contribution in [0.5, 0.6) is 0 Å². The molecule has 1 nitrogen and oxygen atoms in total. The van der Waals surface area contributed by atoms with Gasteiger partial charge in [0.25, 0.3) is 0 Å². The van der Waals surface area contributed by atoms with Crippen molar-refractivity contribution in [3.05, 3.63) is 12.2 Å². The van der Waals surface area contributed by atoms with Crippen LogP contribution in [0.2, 0.25) is 0 Å². The van der Waals surface area contributed by atoms with Gasteiger partial charge in [0.05, 0.1) is 0 Å². The zero-order chi connectivity index (χ0) is 7.56. The molecule has 0 aromatic carbocycles. The predicted octanol–water partition coefficient (Wildman–Crippen LogP) is 2.08. The van der Waals surface area contributed by atoms with E-state index in [1.165, 1.54) is 24.8 Å². The molecule has 0 bridgehead atoms. The SMILES string of the molecule is C=C(C)CC(N)C1CCC1. The fraction of sp³-hybridized carbons (Fsp3) is 0.778. The van der Waals surface area contributed by atoms with Crippen molar-refractivity contribution in [3.63, 3.8) is 0 Å². The zero-order valence-electron chi connectivity index (χ0n) is 6.77. The Morgan fingerprint density at radius 3 is 2.60 bits per heavy atom. The summed E-state index contributed by atoms with van der Waals surface area (Å²) in [7, 11) is 0. The van der Waals surface area contributed by atoms with Gasteiger partial charge >= 0.3 is 0 Å². The minimum absolute atomic E-state index is 0.395. The molecular formula is C9H17N. The average Bonchev–Trinajstić information content (AvgIpc) is 1.55. The molecule has 1 unspecified atom stereocenters. The molecule has 1 aliphatic rings. The lowest BCUT2D eigenvalue weighted by Gasteiger charge is -2.31. The van der Waals surface area contributed by atoms with Crippen LogP contribution in [-0.4, -0.2) is 6.04 Å². The summed E-state index contributed by atoms with van der Waals surface area (Å²) in [6.07, 6.45) is 5.09. The summed E-state index contributed by atoms with van der Waals surface area (Å²) < 4.78 is 0. The second-order valence-corrected chi connectivity index (χ2v) is 3.52. The first-order valence-electron chi connectivity index (χ1n) is 4.10. The number of hydrogen-bond donors (Lipinski definition) is 1. The molecule has 0 radical (unpaired) electrons. The minimum Gasteiger partial charge on any atom is -0.327 e. The lowest BCUT2D eigenvalue weighted by Crippen LogP contribution is -2.34. The molecule has 1 fully saturated rings. The highest BCUT2D eigenvalue weighted by molar-refractivity contribution is 4.95. The Balaban J connectivity index is 2.19. The Morgan fingerprint density at radius 2 is 2.30 bits per heavy atom. The van der Waals surface area contributed by atoms with Crippen molar-refractivity contribution in [2.75, 3.05) is 0 Å². The van der Waals surface area contributed by atoms with Crippen LogP contribution in [0.1, 0.15) is 32.6 Å². The Bertz CT molecular complexity index is 125. The normalized spacial score (nSPS) is 21.8. The van der Waals surface area contributed by atoms with Crippen LogP contribution in [0.3, 0.4) is 0 Å². The second kappa shape index (κ2) is 3.20. The molecule has 0 saturated heterocycles. The van der Waals surface area contributed by atoms with E-state index in [1.54, 1.807) is 0 Å². The van der Waals surface area contributed by atoms with Gasteiger partial charge < -0.3 is 5.73 Å². The first-order valence-corrected chi connectivity index (χ1v) is 4.10. The third kappa shape index (κ3) is 1.84. The Labute approximate surface area is 63.3 Å². The van der Waals surface area contributed by atoms with Crippen LogP contribution in [-0.2, 0) is 0 Å². The highest BCUT2D eigenvalue weighted by atomic mass is 14.7. The molecule has 10 heavy (non-hydrogen) atoms. The van der Waals surface area contributed by atoms with Gasteiger partial charge in [-0.25, -0.2) is 0 Å². The van der Waals surface area contributed by atoms with E-state index in [0.29, 0.717) is 6.04 Å². The van der Waals surface area contributed by atoms with Crippen LogP contribution in [0.15, 0.2) is 12.2 Å². The number of hydrogen-bond acceptors (Lipinski definition) is 1. The van der Waals surface area contributed by atoms with Gasteiger partial charge in [0.2, 0.25) is 0 Å². The van der Waals surface area contributed by atoms with E-state index in [0.717, 1.165) is 12.3 Å². The summed E-state index contributed by atoms with van der Waals surface area (Å²) in [5.41, 5.74) is 7.14. The molecule has 1 saturated carbocycles. The van der Waals surface area contributed by atoms with Gasteiger partial charge in [-0.15, -0.1) is 6.58 Å². The molecule has 0 aromatic heterocycles. The molecule has 0 amide bonds. The van der Waals surface area contributed by atoms with Gasteiger partial charge in [-0.1, -0.05) is 12.0 Å². The van der Waals surface area contributed by atoms with Gasteiger partial charge in [-0.3, -0.25) is 0 Å². The van der Waals surface area contributed by atoms with Crippen LogP contribution >= 0.6 is 0 Å². The van der Waals surface area contributed by atoms with Gasteiger partial charge in [0.15, 0.2) is 0 Å². The standard InChI is InChI=1S/C9H17N/c1-7(2)6-9(10)8-4-3-5-8/h8-9H,1,3-6,10H2,2H3. The largest absolute Gasteiger partial charge is 0.327 e. The van der Waals surface area contributed by atoms with Crippen molar-refractivity contribution in [3.8, 4) is 0 Å². The third-order valence-corrected chi connectivity index (χ3v) is 2.34. The van der Waals surface area contributed by atoms with E-state index >= 15 is 0 Å². The molecule has 1 aliphatic carbocycles. The summed E-state index contributed by atoms with van der Waals surface area (Å²) in [5.74, 6) is 0.802. The molecule has 0 aliphatic heterocycles. The number of rotatable bonds is 3. The van der Waals surface area contributed by atoms with Crippen molar-refractivity contribution in [2.45, 2.75) is 38.6 Å². The maximum absolute atomic E-state index is 5.92. The van der Waals surface area contributed by atoms with Crippen LogP contribution in [0.25, 0.3) is 0 Å². The molecule has 58 valence electrons. The molecule has 1 heteroatoms. The molecule has 0 spiro atoms. The quantitative estimate of drug-likeness (QED) is 0.595. The van der Waals surface area contributed by atoms with Crippen molar-refractivity contribution in [1.82, 2.24) is 0 Å².